The highest BCUT2D eigenvalue weighted by Crippen LogP contribution is 2.33. The number of ether oxygens (including phenoxy) is 1. The maximum Gasteiger partial charge on any atom is 0.359 e. The fourth-order valence-corrected chi connectivity index (χ4v) is 4.86. The Hall–Kier alpha value is -2.94. The fourth-order valence-electron chi connectivity index (χ4n) is 4.02. The molecule has 3 aromatic rings. The summed E-state index contributed by atoms with van der Waals surface area (Å²) in [6.07, 6.45) is 3.08. The molecule has 0 bridgehead atoms. The van der Waals surface area contributed by atoms with Crippen LogP contribution in [0.1, 0.15) is 56.9 Å². The van der Waals surface area contributed by atoms with Gasteiger partial charge < -0.3 is 9.64 Å². The van der Waals surface area contributed by atoms with E-state index in [0.29, 0.717) is 43.4 Å². The molecule has 8 nitrogen and oxygen atoms in total. The third kappa shape index (κ3) is 3.89. The van der Waals surface area contributed by atoms with Crippen LogP contribution in [-0.2, 0) is 24.2 Å². The summed E-state index contributed by atoms with van der Waals surface area (Å²) in [6.45, 7) is 5.87. The van der Waals surface area contributed by atoms with Crippen molar-refractivity contribution in [2.45, 2.75) is 46.2 Å². The van der Waals surface area contributed by atoms with E-state index in [1.165, 1.54) is 17.7 Å². The number of hydrogen-bond donors (Lipinski definition) is 1. The summed E-state index contributed by atoms with van der Waals surface area (Å²) in [5.74, 6) is 0.0750. The molecule has 1 aliphatic carbocycles. The van der Waals surface area contributed by atoms with E-state index in [-0.39, 0.29) is 5.91 Å². The van der Waals surface area contributed by atoms with E-state index in [2.05, 4.69) is 15.3 Å². The lowest BCUT2D eigenvalue weighted by Gasteiger charge is -2.27. The number of thiophene rings is 1. The van der Waals surface area contributed by atoms with Crippen molar-refractivity contribution in [3.63, 3.8) is 0 Å². The molecule has 0 saturated heterocycles. The van der Waals surface area contributed by atoms with Crippen molar-refractivity contribution in [1.29, 1.82) is 0 Å². The van der Waals surface area contributed by atoms with Crippen LogP contribution in [0.15, 0.2) is 18.2 Å². The molecule has 0 aromatic carbocycles. The summed E-state index contributed by atoms with van der Waals surface area (Å²) in [7, 11) is 0. The molecular formula is C22H25N5O3S. The van der Waals surface area contributed by atoms with Gasteiger partial charge in [-0.2, -0.15) is 10.2 Å². The third-order valence-corrected chi connectivity index (χ3v) is 6.85. The largest absolute Gasteiger partial charge is 0.461 e. The van der Waals surface area contributed by atoms with Crippen molar-refractivity contribution in [1.82, 2.24) is 24.9 Å². The number of aromatic nitrogens is 4. The summed E-state index contributed by atoms with van der Waals surface area (Å²) in [4.78, 5) is 29.7. The number of nitrogens with zero attached hydrogens (tertiary/aromatic N) is 4. The Balaban J connectivity index is 1.39. The summed E-state index contributed by atoms with van der Waals surface area (Å²) in [5.41, 5.74) is 3.42. The smallest absolute Gasteiger partial charge is 0.359 e. The number of nitrogens with one attached hydrogen (secondary N) is 1. The highest BCUT2D eigenvalue weighted by Gasteiger charge is 2.33. The lowest BCUT2D eigenvalue weighted by molar-refractivity contribution is 0.0513. The van der Waals surface area contributed by atoms with Gasteiger partial charge in [-0.3, -0.25) is 14.6 Å². The number of amides is 1. The number of rotatable bonds is 6. The molecule has 31 heavy (non-hydrogen) atoms. The number of carbonyl (C=O) groups excluding carboxylic acids is 2. The monoisotopic (exact) mass is 439 g/mol. The van der Waals surface area contributed by atoms with Crippen LogP contribution in [0.2, 0.25) is 0 Å². The third-order valence-electron chi connectivity index (χ3n) is 5.82. The molecular weight excluding hydrogens is 414 g/mol. The SMILES string of the molecule is CCOC(=O)c1nn(CC2CC2)c2c1CN(C(=O)c1cc(-c3ccc(C)s3)[nH]n1)CC2. The minimum Gasteiger partial charge on any atom is -0.461 e. The minimum atomic E-state index is -0.419. The zero-order valence-electron chi connectivity index (χ0n) is 17.7. The maximum atomic E-state index is 13.2. The molecule has 3 aromatic heterocycles. The summed E-state index contributed by atoms with van der Waals surface area (Å²) in [5, 5.41) is 11.8. The standard InChI is InChI=1S/C22H25N5O3S/c1-3-30-22(29)20-15-12-26(9-8-18(15)27(25-20)11-14-5-6-14)21(28)17-10-16(23-24-17)19-7-4-13(2)31-19/h4,7,10,14H,3,5-6,8-9,11-12H2,1-2H3,(H,23,24). The topological polar surface area (TPSA) is 93.1 Å². The fraction of sp³-hybridized carbons (Fsp3) is 0.455. The van der Waals surface area contributed by atoms with E-state index >= 15 is 0 Å². The molecule has 5 rings (SSSR count). The molecule has 2 aliphatic rings. The zero-order chi connectivity index (χ0) is 21.5. The van der Waals surface area contributed by atoms with Crippen molar-refractivity contribution in [3.8, 4) is 10.6 Å². The van der Waals surface area contributed by atoms with Gasteiger partial charge in [0.1, 0.15) is 0 Å². The van der Waals surface area contributed by atoms with Gasteiger partial charge in [0.2, 0.25) is 0 Å². The van der Waals surface area contributed by atoms with Gasteiger partial charge in [0, 0.05) is 35.6 Å². The first kappa shape index (κ1) is 20.0. The van der Waals surface area contributed by atoms with Crippen LogP contribution < -0.4 is 0 Å². The molecule has 1 N–H and O–H groups in total. The number of fused-ring (bicyclic) bond motifs is 1. The number of hydrogen-bond acceptors (Lipinski definition) is 6. The van der Waals surface area contributed by atoms with Crippen molar-refractivity contribution >= 4 is 23.2 Å². The van der Waals surface area contributed by atoms with E-state index in [0.717, 1.165) is 28.4 Å². The zero-order valence-corrected chi connectivity index (χ0v) is 18.5. The summed E-state index contributed by atoms with van der Waals surface area (Å²) >= 11 is 1.66. The molecule has 4 heterocycles. The Kier molecular flexibility index (Phi) is 5.13. The Morgan fingerprint density at radius 3 is 2.87 bits per heavy atom. The predicted molar refractivity (Wildman–Crippen MR) is 116 cm³/mol. The molecule has 0 spiro atoms. The van der Waals surface area contributed by atoms with E-state index in [9.17, 15) is 9.59 Å². The van der Waals surface area contributed by atoms with Crippen LogP contribution >= 0.6 is 11.3 Å². The van der Waals surface area contributed by atoms with E-state index < -0.39 is 5.97 Å². The Morgan fingerprint density at radius 1 is 1.32 bits per heavy atom. The highest BCUT2D eigenvalue weighted by atomic mass is 32.1. The first-order chi connectivity index (χ1) is 15.0. The number of aryl methyl sites for hydroxylation is 1. The lowest BCUT2D eigenvalue weighted by Crippen LogP contribution is -2.37. The van der Waals surface area contributed by atoms with Crippen molar-refractivity contribution < 1.29 is 14.3 Å². The Labute approximate surface area is 184 Å². The predicted octanol–water partition coefficient (Wildman–Crippen LogP) is 3.43. The van der Waals surface area contributed by atoms with Gasteiger partial charge in [0.15, 0.2) is 11.4 Å². The van der Waals surface area contributed by atoms with Gasteiger partial charge in [-0.15, -0.1) is 11.3 Å². The molecule has 0 radical (unpaired) electrons. The second kappa shape index (κ2) is 7.96. The molecule has 162 valence electrons. The number of carbonyl (C=O) groups is 2. The number of esters is 1. The normalized spacial score (nSPS) is 15.7. The van der Waals surface area contributed by atoms with Gasteiger partial charge >= 0.3 is 5.97 Å². The van der Waals surface area contributed by atoms with Crippen LogP contribution in [0.3, 0.4) is 0 Å². The molecule has 0 atom stereocenters. The molecule has 1 fully saturated rings. The van der Waals surface area contributed by atoms with Gasteiger partial charge in [0.25, 0.3) is 5.91 Å². The lowest BCUT2D eigenvalue weighted by atomic mass is 10.0. The number of H-pyrrole nitrogens is 1. The van der Waals surface area contributed by atoms with E-state index in [1.54, 1.807) is 29.2 Å². The Morgan fingerprint density at radius 2 is 2.16 bits per heavy atom. The molecule has 1 saturated carbocycles. The van der Waals surface area contributed by atoms with Crippen molar-refractivity contribution in [3.05, 3.63) is 45.7 Å². The minimum absolute atomic E-state index is 0.147. The second-order valence-corrected chi connectivity index (χ2v) is 9.46. The summed E-state index contributed by atoms with van der Waals surface area (Å²) < 4.78 is 7.19. The van der Waals surface area contributed by atoms with Crippen molar-refractivity contribution in [2.24, 2.45) is 5.92 Å². The first-order valence-corrected chi connectivity index (χ1v) is 11.5. The van der Waals surface area contributed by atoms with E-state index in [4.69, 9.17) is 4.74 Å². The first-order valence-electron chi connectivity index (χ1n) is 10.7. The molecule has 0 unspecified atom stereocenters. The van der Waals surface area contributed by atoms with Crippen LogP contribution in [0.5, 0.6) is 0 Å². The molecule has 1 aliphatic heterocycles. The Bertz CT molecular complexity index is 1140. The average Bonchev–Trinajstić information content (AvgIpc) is 3.15. The average molecular weight is 440 g/mol. The van der Waals surface area contributed by atoms with Crippen LogP contribution in [0.25, 0.3) is 10.6 Å². The van der Waals surface area contributed by atoms with Gasteiger partial charge in [-0.1, -0.05) is 0 Å². The summed E-state index contributed by atoms with van der Waals surface area (Å²) in [6, 6.07) is 5.87. The van der Waals surface area contributed by atoms with Crippen molar-refractivity contribution in [2.75, 3.05) is 13.2 Å². The van der Waals surface area contributed by atoms with Crippen LogP contribution in [0.4, 0.5) is 0 Å². The van der Waals surface area contributed by atoms with Crippen LogP contribution in [-0.4, -0.2) is 49.9 Å². The van der Waals surface area contributed by atoms with Gasteiger partial charge in [-0.25, -0.2) is 4.79 Å². The van der Waals surface area contributed by atoms with E-state index in [1.807, 2.05) is 23.7 Å². The van der Waals surface area contributed by atoms with Gasteiger partial charge in [0.05, 0.1) is 23.7 Å². The highest BCUT2D eigenvalue weighted by molar-refractivity contribution is 7.15. The second-order valence-electron chi connectivity index (χ2n) is 8.17. The maximum absolute atomic E-state index is 13.2. The molecule has 9 heteroatoms. The number of aromatic amines is 1. The quantitative estimate of drug-likeness (QED) is 0.594. The van der Waals surface area contributed by atoms with Crippen LogP contribution in [0, 0.1) is 12.8 Å². The van der Waals surface area contributed by atoms with Gasteiger partial charge in [-0.05, 0) is 50.8 Å². The molecule has 1 amide bonds.